The molecule has 1 aromatic carbocycles. The number of amides is 1. The number of halogens is 2. The molecule has 0 saturated heterocycles. The van der Waals surface area contributed by atoms with Crippen LogP contribution in [-0.2, 0) is 11.3 Å². The molecule has 0 unspecified atom stereocenters. The minimum Gasteiger partial charge on any atom is -0.308 e. The van der Waals surface area contributed by atoms with Crippen molar-refractivity contribution in [2.45, 2.75) is 25.8 Å². The molecule has 1 aliphatic rings. The van der Waals surface area contributed by atoms with E-state index in [1.165, 1.54) is 6.07 Å². The molecule has 1 fully saturated rings. The van der Waals surface area contributed by atoms with Crippen molar-refractivity contribution in [2.24, 2.45) is 5.92 Å². The Bertz CT molecular complexity index is 667. The number of hydrogen-bond acceptors (Lipinski definition) is 2. The minimum absolute atomic E-state index is 0.0121. The third-order valence-electron chi connectivity index (χ3n) is 3.72. The second kappa shape index (κ2) is 5.97. The van der Waals surface area contributed by atoms with Gasteiger partial charge in [-0.25, -0.2) is 4.39 Å². The van der Waals surface area contributed by atoms with Crippen LogP contribution in [0.25, 0.3) is 0 Å². The van der Waals surface area contributed by atoms with Crippen molar-refractivity contribution in [1.82, 2.24) is 9.78 Å². The SMILES string of the molecule is O=C(Nc1nn(Cc2ccccc2F)cc1Br)C1CCC1. The number of carbonyl (C=O) groups excluding carboxylic acids is 1. The first-order chi connectivity index (χ1) is 10.1. The Morgan fingerprint density at radius 3 is 2.86 bits per heavy atom. The Kier molecular flexibility index (Phi) is 4.05. The Labute approximate surface area is 130 Å². The Balaban J connectivity index is 1.72. The van der Waals surface area contributed by atoms with Crippen LogP contribution < -0.4 is 5.32 Å². The highest BCUT2D eigenvalue weighted by atomic mass is 79.9. The average Bonchev–Trinajstić information content (AvgIpc) is 2.70. The Morgan fingerprint density at radius 1 is 1.43 bits per heavy atom. The number of anilines is 1. The maximum atomic E-state index is 13.6. The van der Waals surface area contributed by atoms with Crippen molar-refractivity contribution in [3.05, 3.63) is 46.3 Å². The summed E-state index contributed by atoms with van der Waals surface area (Å²) in [5.74, 6) is 0.346. The summed E-state index contributed by atoms with van der Waals surface area (Å²) in [5, 5.41) is 7.12. The number of aromatic nitrogens is 2. The Hall–Kier alpha value is -1.69. The molecule has 3 rings (SSSR count). The van der Waals surface area contributed by atoms with Gasteiger partial charge in [0.2, 0.25) is 5.91 Å². The van der Waals surface area contributed by atoms with Crippen LogP contribution in [0.5, 0.6) is 0 Å². The molecule has 0 atom stereocenters. The van der Waals surface area contributed by atoms with Gasteiger partial charge in [-0.05, 0) is 34.8 Å². The highest BCUT2D eigenvalue weighted by Crippen LogP contribution is 2.29. The van der Waals surface area contributed by atoms with E-state index in [4.69, 9.17) is 0 Å². The first-order valence-electron chi connectivity index (χ1n) is 6.90. The monoisotopic (exact) mass is 351 g/mol. The molecule has 1 heterocycles. The first kappa shape index (κ1) is 14.3. The molecular weight excluding hydrogens is 337 g/mol. The maximum absolute atomic E-state index is 13.6. The highest BCUT2D eigenvalue weighted by molar-refractivity contribution is 9.10. The predicted octanol–water partition coefficient (Wildman–Crippen LogP) is 3.57. The summed E-state index contributed by atoms with van der Waals surface area (Å²) in [6, 6.07) is 6.59. The van der Waals surface area contributed by atoms with Gasteiger partial charge in [0.15, 0.2) is 5.82 Å². The summed E-state index contributed by atoms with van der Waals surface area (Å²) < 4.78 is 15.9. The quantitative estimate of drug-likeness (QED) is 0.915. The number of hydrogen-bond donors (Lipinski definition) is 1. The van der Waals surface area contributed by atoms with Crippen LogP contribution >= 0.6 is 15.9 Å². The zero-order valence-corrected chi connectivity index (χ0v) is 12.9. The lowest BCUT2D eigenvalue weighted by Crippen LogP contribution is -2.28. The second-order valence-electron chi connectivity index (χ2n) is 5.23. The molecule has 1 aromatic heterocycles. The molecule has 21 heavy (non-hydrogen) atoms. The van der Waals surface area contributed by atoms with Gasteiger partial charge in [-0.15, -0.1) is 0 Å². The lowest BCUT2D eigenvalue weighted by atomic mass is 9.85. The van der Waals surface area contributed by atoms with Gasteiger partial charge in [0.1, 0.15) is 5.82 Å². The van der Waals surface area contributed by atoms with Crippen molar-refractivity contribution in [1.29, 1.82) is 0 Å². The standard InChI is InChI=1S/C15H15BrFN3O/c16-12-9-20(8-11-4-1-2-7-13(11)17)19-14(12)18-15(21)10-5-3-6-10/h1-2,4,7,9-10H,3,5-6,8H2,(H,18,19,21). The zero-order valence-electron chi connectivity index (χ0n) is 11.4. The molecule has 1 saturated carbocycles. The van der Waals surface area contributed by atoms with Gasteiger partial charge < -0.3 is 5.32 Å². The summed E-state index contributed by atoms with van der Waals surface area (Å²) in [7, 11) is 0. The van der Waals surface area contributed by atoms with Crippen LogP contribution in [0.2, 0.25) is 0 Å². The van der Waals surface area contributed by atoms with Crippen LogP contribution in [-0.4, -0.2) is 15.7 Å². The molecule has 1 amide bonds. The van der Waals surface area contributed by atoms with Gasteiger partial charge in [0.05, 0.1) is 11.0 Å². The minimum atomic E-state index is -0.260. The molecule has 0 bridgehead atoms. The molecule has 110 valence electrons. The molecule has 4 nitrogen and oxygen atoms in total. The summed E-state index contributed by atoms with van der Waals surface area (Å²) in [6.45, 7) is 0.324. The van der Waals surface area contributed by atoms with Crippen molar-refractivity contribution in [2.75, 3.05) is 5.32 Å². The normalized spacial score (nSPS) is 14.8. The van der Waals surface area contributed by atoms with E-state index in [2.05, 4.69) is 26.3 Å². The number of benzene rings is 1. The summed E-state index contributed by atoms with van der Waals surface area (Å²) >= 11 is 3.37. The Morgan fingerprint density at radius 2 is 2.19 bits per heavy atom. The third-order valence-corrected chi connectivity index (χ3v) is 4.31. The van der Waals surface area contributed by atoms with Gasteiger partial charge in [-0.1, -0.05) is 24.6 Å². The largest absolute Gasteiger partial charge is 0.308 e. The third kappa shape index (κ3) is 3.15. The number of rotatable bonds is 4. The van der Waals surface area contributed by atoms with Crippen molar-refractivity contribution in [3.8, 4) is 0 Å². The maximum Gasteiger partial charge on any atom is 0.228 e. The van der Waals surface area contributed by atoms with E-state index in [9.17, 15) is 9.18 Å². The van der Waals surface area contributed by atoms with Gasteiger partial charge in [-0.2, -0.15) is 5.10 Å². The van der Waals surface area contributed by atoms with E-state index in [-0.39, 0.29) is 17.6 Å². The van der Waals surface area contributed by atoms with Crippen molar-refractivity contribution < 1.29 is 9.18 Å². The topological polar surface area (TPSA) is 46.9 Å². The van der Waals surface area contributed by atoms with E-state index in [1.54, 1.807) is 29.1 Å². The van der Waals surface area contributed by atoms with Crippen LogP contribution in [0, 0.1) is 11.7 Å². The van der Waals surface area contributed by atoms with Crippen molar-refractivity contribution >= 4 is 27.7 Å². The van der Waals surface area contributed by atoms with E-state index >= 15 is 0 Å². The number of nitrogens with one attached hydrogen (secondary N) is 1. The average molecular weight is 352 g/mol. The highest BCUT2D eigenvalue weighted by Gasteiger charge is 2.26. The fraction of sp³-hybridized carbons (Fsp3) is 0.333. The van der Waals surface area contributed by atoms with E-state index in [1.807, 2.05) is 0 Å². The van der Waals surface area contributed by atoms with Crippen LogP contribution in [0.4, 0.5) is 10.2 Å². The fourth-order valence-corrected chi connectivity index (χ4v) is 2.67. The second-order valence-corrected chi connectivity index (χ2v) is 6.09. The smallest absolute Gasteiger partial charge is 0.228 e. The van der Waals surface area contributed by atoms with Gasteiger partial charge in [0.25, 0.3) is 0 Å². The van der Waals surface area contributed by atoms with Gasteiger partial charge in [-0.3, -0.25) is 9.48 Å². The lowest BCUT2D eigenvalue weighted by molar-refractivity contribution is -0.122. The molecule has 0 spiro atoms. The molecule has 1 N–H and O–H groups in total. The lowest BCUT2D eigenvalue weighted by Gasteiger charge is -2.23. The summed E-state index contributed by atoms with van der Waals surface area (Å²) in [5.41, 5.74) is 0.560. The number of nitrogens with zero attached hydrogens (tertiary/aromatic N) is 2. The number of carbonyl (C=O) groups is 1. The molecule has 6 heteroatoms. The molecule has 0 radical (unpaired) electrons. The van der Waals surface area contributed by atoms with E-state index < -0.39 is 0 Å². The van der Waals surface area contributed by atoms with Crippen LogP contribution in [0.15, 0.2) is 34.9 Å². The molecule has 0 aliphatic heterocycles. The summed E-state index contributed by atoms with van der Waals surface area (Å²) in [6.07, 6.45) is 4.74. The van der Waals surface area contributed by atoms with E-state index in [0.29, 0.717) is 22.4 Å². The van der Waals surface area contributed by atoms with Gasteiger partial charge >= 0.3 is 0 Å². The van der Waals surface area contributed by atoms with Crippen LogP contribution in [0.3, 0.4) is 0 Å². The fourth-order valence-electron chi connectivity index (χ4n) is 2.25. The van der Waals surface area contributed by atoms with Crippen molar-refractivity contribution in [3.63, 3.8) is 0 Å². The molecule has 1 aliphatic carbocycles. The summed E-state index contributed by atoms with van der Waals surface area (Å²) in [4.78, 5) is 11.9. The first-order valence-corrected chi connectivity index (χ1v) is 7.70. The molecular formula is C15H15BrFN3O. The van der Waals surface area contributed by atoms with E-state index in [0.717, 1.165) is 19.3 Å². The molecule has 2 aromatic rings. The zero-order chi connectivity index (χ0) is 14.8. The van der Waals surface area contributed by atoms with Crippen LogP contribution in [0.1, 0.15) is 24.8 Å². The predicted molar refractivity (Wildman–Crippen MR) is 81.4 cm³/mol. The van der Waals surface area contributed by atoms with Gasteiger partial charge in [0, 0.05) is 17.7 Å².